The molecule has 3 rings (SSSR count). The lowest BCUT2D eigenvalue weighted by Gasteiger charge is -2.25. The highest BCUT2D eigenvalue weighted by Crippen LogP contribution is 2.47. The number of benzene rings is 2. The predicted octanol–water partition coefficient (Wildman–Crippen LogP) is 11.2. The third-order valence-corrected chi connectivity index (χ3v) is 11.3. The maximum absolute atomic E-state index is 13.3. The van der Waals surface area contributed by atoms with Gasteiger partial charge in [0.05, 0.1) is 43.3 Å². The van der Waals surface area contributed by atoms with E-state index >= 15 is 0 Å². The van der Waals surface area contributed by atoms with Gasteiger partial charge < -0.3 is 18.9 Å². The molecule has 8 nitrogen and oxygen atoms in total. The molecule has 270 valence electrons. The van der Waals surface area contributed by atoms with Crippen molar-refractivity contribution in [2.24, 2.45) is 35.5 Å². The smallest absolute Gasteiger partial charge is 0.423 e. The molecule has 6 unspecified atom stereocenters. The van der Waals surface area contributed by atoms with Gasteiger partial charge in [-0.25, -0.2) is 19.2 Å². The maximum Gasteiger partial charge on any atom is 0.423 e. The summed E-state index contributed by atoms with van der Waals surface area (Å²) in [6.07, 6.45) is 5.07. The zero-order valence-corrected chi connectivity index (χ0v) is 32.6. The Balaban J connectivity index is 1.80. The Labute approximate surface area is 317 Å². The van der Waals surface area contributed by atoms with Crippen molar-refractivity contribution in [2.75, 3.05) is 13.2 Å². The van der Waals surface area contributed by atoms with Crippen molar-refractivity contribution in [3.05, 3.63) is 53.4 Å². The number of esters is 4. The number of hydrogen-bond acceptors (Lipinski definition) is 8. The lowest BCUT2D eigenvalue weighted by Crippen LogP contribution is -2.28. The lowest BCUT2D eigenvalue weighted by molar-refractivity contribution is -0.156. The Bertz CT molecular complexity index is 1560. The minimum absolute atomic E-state index is 0.0212. The van der Waals surface area contributed by atoms with Gasteiger partial charge in [0.15, 0.2) is 11.5 Å². The second kappa shape index (κ2) is 18.5. The normalized spacial score (nSPS) is 17.8. The van der Waals surface area contributed by atoms with E-state index in [4.69, 9.17) is 88.6 Å². The first-order valence-corrected chi connectivity index (χ1v) is 18.4. The van der Waals surface area contributed by atoms with Gasteiger partial charge in [-0.1, -0.05) is 137 Å². The van der Waals surface area contributed by atoms with E-state index in [9.17, 15) is 19.2 Å². The molecule has 1 fully saturated rings. The lowest BCUT2D eigenvalue weighted by atomic mass is 9.83. The molecule has 0 heterocycles. The third-order valence-electron chi connectivity index (χ3n) is 9.11. The molecular weight excluding hydrogens is 761 g/mol. The fourth-order valence-electron chi connectivity index (χ4n) is 5.78. The molecule has 2 aromatic carbocycles. The Morgan fingerprint density at radius 2 is 1.16 bits per heavy atom. The zero-order chi connectivity index (χ0) is 36.7. The van der Waals surface area contributed by atoms with E-state index in [2.05, 4.69) is 34.6 Å². The Morgan fingerprint density at radius 1 is 0.694 bits per heavy atom. The summed E-state index contributed by atoms with van der Waals surface area (Å²) in [7, 11) is 0. The molecule has 1 aliphatic carbocycles. The summed E-state index contributed by atoms with van der Waals surface area (Å²) >= 11 is 37.6. The number of ether oxygens (including phenoxy) is 4. The topological polar surface area (TPSA) is 105 Å². The zero-order valence-electron chi connectivity index (χ0n) is 28.1. The summed E-state index contributed by atoms with van der Waals surface area (Å²) in [4.78, 5) is 52.6. The summed E-state index contributed by atoms with van der Waals surface area (Å²) < 4.78 is 21.5. The van der Waals surface area contributed by atoms with E-state index in [-0.39, 0.29) is 61.1 Å². The molecule has 1 aliphatic rings. The van der Waals surface area contributed by atoms with Gasteiger partial charge in [-0.2, -0.15) is 0 Å². The molecule has 6 atom stereocenters. The van der Waals surface area contributed by atoms with Crippen LogP contribution in [-0.2, 0) is 19.1 Å². The third kappa shape index (κ3) is 10.6. The molecule has 0 bridgehead atoms. The van der Waals surface area contributed by atoms with Crippen LogP contribution < -0.4 is 9.47 Å². The van der Waals surface area contributed by atoms with Crippen LogP contribution in [0, 0.1) is 35.5 Å². The average Bonchev–Trinajstić information content (AvgIpc) is 3.83. The number of halogens is 6. The van der Waals surface area contributed by atoms with Crippen LogP contribution in [0.15, 0.2) is 12.1 Å². The highest BCUT2D eigenvalue weighted by Gasteiger charge is 2.42. The molecule has 0 amide bonds. The van der Waals surface area contributed by atoms with Crippen LogP contribution in [0.2, 0.25) is 30.1 Å². The number of carbonyl (C=O) groups excluding carboxylic acids is 4. The van der Waals surface area contributed by atoms with Gasteiger partial charge in [-0.05, 0) is 54.1 Å². The molecule has 0 spiro atoms. The number of rotatable bonds is 15. The second-order valence-electron chi connectivity index (χ2n) is 12.7. The van der Waals surface area contributed by atoms with Crippen LogP contribution >= 0.6 is 69.6 Å². The maximum atomic E-state index is 13.3. The van der Waals surface area contributed by atoms with Crippen LogP contribution in [0.25, 0.3) is 0 Å². The first-order chi connectivity index (χ1) is 23.0. The fraction of sp³-hybridized carbons (Fsp3) is 0.543. The molecule has 14 heteroatoms. The van der Waals surface area contributed by atoms with Crippen LogP contribution in [0.4, 0.5) is 0 Å². The quantitative estimate of drug-likeness (QED) is 0.0759. The molecule has 0 saturated heterocycles. The van der Waals surface area contributed by atoms with E-state index in [1.54, 1.807) is 0 Å². The molecule has 0 aliphatic heterocycles. The summed E-state index contributed by atoms with van der Waals surface area (Å²) in [5.74, 6) is -4.69. The molecule has 0 N–H and O–H groups in total. The molecule has 49 heavy (non-hydrogen) atoms. The van der Waals surface area contributed by atoms with Crippen molar-refractivity contribution in [3.63, 3.8) is 0 Å². The van der Waals surface area contributed by atoms with Crippen molar-refractivity contribution >= 4 is 93.5 Å². The highest BCUT2D eigenvalue weighted by atomic mass is 35.5. The van der Waals surface area contributed by atoms with Gasteiger partial charge in [-0.15, -0.1) is 0 Å². The summed E-state index contributed by atoms with van der Waals surface area (Å²) in [5, 5.41) is -1.48. The van der Waals surface area contributed by atoms with Crippen molar-refractivity contribution in [3.8, 4) is 11.5 Å². The second-order valence-corrected chi connectivity index (χ2v) is 15.1. The first kappa shape index (κ1) is 41.5. The van der Waals surface area contributed by atoms with Crippen molar-refractivity contribution in [1.29, 1.82) is 0 Å². The average molecular weight is 801 g/mol. The molecule has 1 saturated carbocycles. The largest absolute Gasteiger partial charge is 0.462 e. The van der Waals surface area contributed by atoms with Crippen LogP contribution in [0.1, 0.15) is 94.4 Å². The summed E-state index contributed by atoms with van der Waals surface area (Å²) in [6.45, 7) is 12.7. The van der Waals surface area contributed by atoms with E-state index in [1.165, 1.54) is 0 Å². The molecular formula is C35H40Cl6O8. The highest BCUT2D eigenvalue weighted by molar-refractivity contribution is 6.47. The van der Waals surface area contributed by atoms with Gasteiger partial charge in [0.1, 0.15) is 11.1 Å². The minimum Gasteiger partial charge on any atom is -0.462 e. The van der Waals surface area contributed by atoms with Gasteiger partial charge in [-0.3, -0.25) is 0 Å². The number of hydrogen-bond donors (Lipinski definition) is 0. The molecule has 0 radical (unpaired) electrons. The summed E-state index contributed by atoms with van der Waals surface area (Å²) in [5.41, 5.74) is -0.919. The molecule has 2 aromatic rings. The Hall–Kier alpha value is -1.94. The minimum atomic E-state index is -1.64. The standard InChI is InChI=1S/C35H40Cl6O8/c1-7-9-16(3)19(6)18(5)14-46-32(42)26-28(40)22(36)12-24(38)30(26)48-34(44)35(45)49-31-25(39)13-23(37)29(41)27(31)33(43)47-15-20-11-21(20)17(4)10-8-2/h12-13,16-21H,7-11,14-15H2,1-6H3. The van der Waals surface area contributed by atoms with E-state index < -0.39 is 46.5 Å². The van der Waals surface area contributed by atoms with Crippen molar-refractivity contribution in [1.82, 2.24) is 0 Å². The van der Waals surface area contributed by atoms with Crippen LogP contribution in [-0.4, -0.2) is 37.1 Å². The Kier molecular flexibility index (Phi) is 15.7. The number of carbonyl (C=O) groups is 4. The summed E-state index contributed by atoms with van der Waals surface area (Å²) in [6, 6.07) is 2.26. The fourth-order valence-corrected chi connectivity index (χ4v) is 7.22. The van der Waals surface area contributed by atoms with E-state index in [1.807, 2.05) is 6.92 Å². The van der Waals surface area contributed by atoms with E-state index in [0.29, 0.717) is 17.8 Å². The van der Waals surface area contributed by atoms with Gasteiger partial charge in [0, 0.05) is 0 Å². The van der Waals surface area contributed by atoms with Crippen molar-refractivity contribution < 1.29 is 38.1 Å². The van der Waals surface area contributed by atoms with Crippen LogP contribution in [0.5, 0.6) is 11.5 Å². The predicted molar refractivity (Wildman–Crippen MR) is 193 cm³/mol. The van der Waals surface area contributed by atoms with Crippen molar-refractivity contribution in [2.45, 2.75) is 73.6 Å². The SMILES string of the molecule is CCCC(C)C(C)C(C)COC(=O)c1c(Cl)c(Cl)cc(Cl)c1OC(=O)C(=O)Oc1c(Cl)cc(Cl)c(Cl)c1C(=O)OCC1CC1C(C)CCC. The van der Waals surface area contributed by atoms with Crippen LogP contribution in [0.3, 0.4) is 0 Å². The Morgan fingerprint density at radius 3 is 1.63 bits per heavy atom. The monoisotopic (exact) mass is 798 g/mol. The van der Waals surface area contributed by atoms with E-state index in [0.717, 1.165) is 44.2 Å². The van der Waals surface area contributed by atoms with Gasteiger partial charge >= 0.3 is 23.9 Å². The molecule has 0 aromatic heterocycles. The van der Waals surface area contributed by atoms with Gasteiger partial charge in [0.2, 0.25) is 0 Å². The first-order valence-electron chi connectivity index (χ1n) is 16.2. The van der Waals surface area contributed by atoms with Gasteiger partial charge in [0.25, 0.3) is 0 Å².